The zero-order chi connectivity index (χ0) is 18.6. The minimum atomic E-state index is -0.154. The highest BCUT2D eigenvalue weighted by Crippen LogP contribution is 2.33. The van der Waals surface area contributed by atoms with Crippen LogP contribution in [0.4, 0.5) is 0 Å². The molecule has 2 aromatic carbocycles. The number of aromatic nitrogens is 1. The molecule has 0 bridgehead atoms. The molecule has 2 unspecified atom stereocenters. The Balaban J connectivity index is 1.76. The Bertz CT molecular complexity index is 957. The van der Waals surface area contributed by atoms with Crippen molar-refractivity contribution in [3.63, 3.8) is 0 Å². The van der Waals surface area contributed by atoms with E-state index in [-0.39, 0.29) is 18.0 Å². The van der Waals surface area contributed by atoms with E-state index in [1.165, 1.54) is 0 Å². The van der Waals surface area contributed by atoms with Crippen LogP contribution in [0.2, 0.25) is 0 Å². The molecule has 0 saturated carbocycles. The van der Waals surface area contributed by atoms with Crippen LogP contribution in [-0.4, -0.2) is 17.2 Å². The SMILES string of the molecule is COc1cccc(C2=CC(c3ccccc3O)NC(c3cccnc3)N2)c1. The van der Waals surface area contributed by atoms with Crippen LogP contribution in [-0.2, 0) is 0 Å². The predicted molar refractivity (Wildman–Crippen MR) is 105 cm³/mol. The first-order valence-corrected chi connectivity index (χ1v) is 8.81. The second kappa shape index (κ2) is 7.51. The van der Waals surface area contributed by atoms with E-state index in [1.807, 2.05) is 60.8 Å². The fraction of sp³-hybridized carbons (Fsp3) is 0.136. The number of para-hydroxylation sites is 1. The van der Waals surface area contributed by atoms with Crippen LogP contribution in [0.15, 0.2) is 79.1 Å². The fourth-order valence-corrected chi connectivity index (χ4v) is 3.27. The van der Waals surface area contributed by atoms with E-state index in [1.54, 1.807) is 19.4 Å². The molecule has 1 aliphatic heterocycles. The molecule has 0 spiro atoms. The Morgan fingerprint density at radius 2 is 1.93 bits per heavy atom. The van der Waals surface area contributed by atoms with Gasteiger partial charge in [-0.3, -0.25) is 10.3 Å². The van der Waals surface area contributed by atoms with Crippen molar-refractivity contribution < 1.29 is 9.84 Å². The summed E-state index contributed by atoms with van der Waals surface area (Å²) in [6.45, 7) is 0. The van der Waals surface area contributed by atoms with Crippen molar-refractivity contribution in [1.82, 2.24) is 15.6 Å². The third-order valence-electron chi connectivity index (χ3n) is 4.65. The molecule has 2 atom stereocenters. The summed E-state index contributed by atoms with van der Waals surface area (Å²) >= 11 is 0. The van der Waals surface area contributed by atoms with Gasteiger partial charge in [0.2, 0.25) is 0 Å². The van der Waals surface area contributed by atoms with Gasteiger partial charge in [-0.15, -0.1) is 0 Å². The number of nitrogens with zero attached hydrogens (tertiary/aromatic N) is 1. The summed E-state index contributed by atoms with van der Waals surface area (Å²) in [5.41, 5.74) is 3.83. The number of rotatable bonds is 4. The number of hydrogen-bond acceptors (Lipinski definition) is 5. The summed E-state index contributed by atoms with van der Waals surface area (Å²) in [6, 6.07) is 19.1. The van der Waals surface area contributed by atoms with Crippen LogP contribution in [0.1, 0.15) is 28.9 Å². The molecule has 0 saturated heterocycles. The largest absolute Gasteiger partial charge is 0.508 e. The first kappa shape index (κ1) is 17.1. The summed E-state index contributed by atoms with van der Waals surface area (Å²) in [6.07, 6.45) is 5.53. The van der Waals surface area contributed by atoms with E-state index in [0.29, 0.717) is 0 Å². The van der Waals surface area contributed by atoms with Gasteiger partial charge in [-0.1, -0.05) is 36.4 Å². The Labute approximate surface area is 158 Å². The quantitative estimate of drug-likeness (QED) is 0.662. The molecule has 1 aliphatic rings. The lowest BCUT2D eigenvalue weighted by atomic mass is 9.98. The number of ether oxygens (including phenoxy) is 1. The number of phenolic OH excluding ortho intramolecular Hbond substituents is 1. The lowest BCUT2D eigenvalue weighted by molar-refractivity contribution is 0.412. The molecule has 5 nitrogen and oxygen atoms in total. The monoisotopic (exact) mass is 359 g/mol. The summed E-state index contributed by atoms with van der Waals surface area (Å²) in [5.74, 6) is 1.06. The van der Waals surface area contributed by atoms with Crippen molar-refractivity contribution in [1.29, 1.82) is 0 Å². The normalized spacial score (nSPS) is 19.1. The van der Waals surface area contributed by atoms with Crippen molar-refractivity contribution >= 4 is 5.70 Å². The molecule has 136 valence electrons. The van der Waals surface area contributed by atoms with Crippen LogP contribution in [0.5, 0.6) is 11.5 Å². The number of hydrogen-bond donors (Lipinski definition) is 3. The molecule has 5 heteroatoms. The van der Waals surface area contributed by atoms with Gasteiger partial charge in [0.05, 0.1) is 13.2 Å². The molecule has 4 rings (SSSR count). The molecule has 27 heavy (non-hydrogen) atoms. The smallest absolute Gasteiger partial charge is 0.120 e. The van der Waals surface area contributed by atoms with Crippen LogP contribution in [0, 0.1) is 0 Å². The topological polar surface area (TPSA) is 66.4 Å². The Hall–Kier alpha value is -3.31. The average molecular weight is 359 g/mol. The van der Waals surface area contributed by atoms with Gasteiger partial charge in [-0.2, -0.15) is 0 Å². The van der Waals surface area contributed by atoms with Gasteiger partial charge in [0.1, 0.15) is 17.7 Å². The summed E-state index contributed by atoms with van der Waals surface area (Å²) < 4.78 is 5.37. The number of phenols is 1. The Kier molecular flexibility index (Phi) is 4.77. The summed E-state index contributed by atoms with van der Waals surface area (Å²) in [4.78, 5) is 4.23. The van der Waals surface area contributed by atoms with Gasteiger partial charge >= 0.3 is 0 Å². The van der Waals surface area contributed by atoms with Crippen molar-refractivity contribution in [2.24, 2.45) is 0 Å². The number of aromatic hydroxyl groups is 1. The lowest BCUT2D eigenvalue weighted by Gasteiger charge is -2.33. The Morgan fingerprint density at radius 3 is 2.70 bits per heavy atom. The maximum absolute atomic E-state index is 10.3. The van der Waals surface area contributed by atoms with Crippen molar-refractivity contribution in [3.05, 3.63) is 95.8 Å². The van der Waals surface area contributed by atoms with Gasteiger partial charge in [0, 0.05) is 34.8 Å². The number of methoxy groups -OCH3 is 1. The van der Waals surface area contributed by atoms with Gasteiger partial charge < -0.3 is 15.2 Å². The van der Waals surface area contributed by atoms with Gasteiger partial charge in [-0.05, 0) is 30.3 Å². The highest BCUT2D eigenvalue weighted by molar-refractivity contribution is 5.68. The molecule has 0 radical (unpaired) electrons. The first-order chi connectivity index (χ1) is 13.2. The van der Waals surface area contributed by atoms with E-state index >= 15 is 0 Å². The second-order valence-electron chi connectivity index (χ2n) is 6.38. The van der Waals surface area contributed by atoms with E-state index in [0.717, 1.165) is 28.1 Å². The van der Waals surface area contributed by atoms with Crippen LogP contribution in [0.25, 0.3) is 5.70 Å². The van der Waals surface area contributed by atoms with Crippen molar-refractivity contribution in [3.8, 4) is 11.5 Å². The molecule has 3 aromatic rings. The molecular formula is C22H21N3O2. The zero-order valence-electron chi connectivity index (χ0n) is 15.0. The van der Waals surface area contributed by atoms with Gasteiger partial charge in [-0.25, -0.2) is 0 Å². The third kappa shape index (κ3) is 3.64. The molecule has 1 aromatic heterocycles. The standard InChI is InChI=1S/C22H21N3O2/c1-27-17-8-4-6-15(12-17)19-13-20(18-9-2-3-10-21(18)26)25-22(24-19)16-7-5-11-23-14-16/h2-14,20,22,24-26H,1H3. The zero-order valence-corrected chi connectivity index (χ0v) is 15.0. The molecule has 0 fully saturated rings. The van der Waals surface area contributed by atoms with E-state index in [2.05, 4.69) is 21.7 Å². The van der Waals surface area contributed by atoms with Crippen molar-refractivity contribution in [2.45, 2.75) is 12.2 Å². The van der Waals surface area contributed by atoms with Gasteiger partial charge in [0.25, 0.3) is 0 Å². The molecule has 2 heterocycles. The highest BCUT2D eigenvalue weighted by atomic mass is 16.5. The Morgan fingerprint density at radius 1 is 1.04 bits per heavy atom. The summed E-state index contributed by atoms with van der Waals surface area (Å²) in [7, 11) is 1.66. The number of pyridine rings is 1. The van der Waals surface area contributed by atoms with Crippen LogP contribution in [0.3, 0.4) is 0 Å². The lowest BCUT2D eigenvalue weighted by Crippen LogP contribution is -2.39. The van der Waals surface area contributed by atoms with E-state index < -0.39 is 0 Å². The number of benzene rings is 2. The maximum atomic E-state index is 10.3. The minimum Gasteiger partial charge on any atom is -0.508 e. The fourth-order valence-electron chi connectivity index (χ4n) is 3.27. The second-order valence-corrected chi connectivity index (χ2v) is 6.38. The van der Waals surface area contributed by atoms with Crippen LogP contribution >= 0.6 is 0 Å². The number of nitrogens with one attached hydrogen (secondary N) is 2. The third-order valence-corrected chi connectivity index (χ3v) is 4.65. The molecule has 3 N–H and O–H groups in total. The first-order valence-electron chi connectivity index (χ1n) is 8.81. The van der Waals surface area contributed by atoms with Crippen LogP contribution < -0.4 is 15.4 Å². The highest BCUT2D eigenvalue weighted by Gasteiger charge is 2.25. The molecular weight excluding hydrogens is 338 g/mol. The maximum Gasteiger partial charge on any atom is 0.120 e. The predicted octanol–water partition coefficient (Wildman–Crippen LogP) is 3.77. The molecule has 0 aliphatic carbocycles. The van der Waals surface area contributed by atoms with E-state index in [9.17, 15) is 5.11 Å². The average Bonchev–Trinajstić information content (AvgIpc) is 2.74. The molecule has 0 amide bonds. The van der Waals surface area contributed by atoms with E-state index in [4.69, 9.17) is 4.74 Å². The minimum absolute atomic E-state index is 0.144. The van der Waals surface area contributed by atoms with Crippen molar-refractivity contribution in [2.75, 3.05) is 7.11 Å². The van der Waals surface area contributed by atoms with Gasteiger partial charge in [0.15, 0.2) is 0 Å². The summed E-state index contributed by atoms with van der Waals surface area (Å²) in [5, 5.41) is 17.4.